The van der Waals surface area contributed by atoms with E-state index in [2.05, 4.69) is 10.3 Å². The maximum Gasteiger partial charge on any atom is 0.340 e. The second-order valence-electron chi connectivity index (χ2n) is 7.40. The van der Waals surface area contributed by atoms with Gasteiger partial charge in [-0.25, -0.2) is 13.2 Å². The Hall–Kier alpha value is -1.95. The van der Waals surface area contributed by atoms with E-state index in [1.54, 1.807) is 13.8 Å². The van der Waals surface area contributed by atoms with E-state index in [1.807, 2.05) is 13.8 Å². The SMILES string of the molecule is COCCOC(=O)c1c(C)[nH]c(C(=O)NCCS(=O)(=O)N2CC(C)OC(C)C2)c1C. The number of aryl methyl sites for hydroxylation is 1. The number of nitrogens with zero attached hydrogens (tertiary/aromatic N) is 1. The summed E-state index contributed by atoms with van der Waals surface area (Å²) in [5.74, 6) is -1.25. The summed E-state index contributed by atoms with van der Waals surface area (Å²) in [6.07, 6.45) is -0.352. The highest BCUT2D eigenvalue weighted by Gasteiger charge is 2.31. The van der Waals surface area contributed by atoms with E-state index in [9.17, 15) is 18.0 Å². The number of nitrogens with one attached hydrogen (secondary N) is 2. The summed E-state index contributed by atoms with van der Waals surface area (Å²) >= 11 is 0. The minimum absolute atomic E-state index is 0.0492. The van der Waals surface area contributed by atoms with Gasteiger partial charge in [0.25, 0.3) is 5.91 Å². The maximum absolute atomic E-state index is 12.6. The summed E-state index contributed by atoms with van der Waals surface area (Å²) in [4.78, 5) is 27.7. The summed E-state index contributed by atoms with van der Waals surface area (Å²) in [5.41, 5.74) is 1.45. The molecule has 0 saturated carbocycles. The van der Waals surface area contributed by atoms with Crippen LogP contribution in [0.1, 0.15) is 46.0 Å². The van der Waals surface area contributed by atoms with Crippen molar-refractivity contribution in [2.24, 2.45) is 0 Å². The number of morpholine rings is 1. The molecule has 11 heteroatoms. The van der Waals surface area contributed by atoms with E-state index >= 15 is 0 Å². The molecule has 170 valence electrons. The van der Waals surface area contributed by atoms with Crippen LogP contribution in [0.3, 0.4) is 0 Å². The molecule has 0 radical (unpaired) electrons. The highest BCUT2D eigenvalue weighted by Crippen LogP contribution is 2.19. The fourth-order valence-corrected chi connectivity index (χ4v) is 4.93. The van der Waals surface area contributed by atoms with E-state index in [1.165, 1.54) is 11.4 Å². The van der Waals surface area contributed by atoms with Crippen molar-refractivity contribution < 1.29 is 32.2 Å². The van der Waals surface area contributed by atoms with Crippen LogP contribution in [0.15, 0.2) is 0 Å². The van der Waals surface area contributed by atoms with E-state index < -0.39 is 21.9 Å². The van der Waals surface area contributed by atoms with Gasteiger partial charge in [0.1, 0.15) is 12.3 Å². The number of carbonyl (C=O) groups is 2. The van der Waals surface area contributed by atoms with Crippen molar-refractivity contribution in [1.29, 1.82) is 0 Å². The molecule has 1 aliphatic rings. The molecule has 1 aromatic heterocycles. The van der Waals surface area contributed by atoms with Gasteiger partial charge in [0.2, 0.25) is 10.0 Å². The van der Waals surface area contributed by atoms with Crippen LogP contribution in [0.2, 0.25) is 0 Å². The van der Waals surface area contributed by atoms with Gasteiger partial charge in [-0.15, -0.1) is 0 Å². The second kappa shape index (κ2) is 10.4. The number of esters is 1. The first-order chi connectivity index (χ1) is 14.1. The first-order valence-electron chi connectivity index (χ1n) is 9.83. The molecule has 2 atom stereocenters. The van der Waals surface area contributed by atoms with Gasteiger partial charge in [0.05, 0.1) is 30.1 Å². The highest BCUT2D eigenvalue weighted by atomic mass is 32.2. The third kappa shape index (κ3) is 6.03. The third-order valence-corrected chi connectivity index (χ3v) is 6.62. The zero-order chi connectivity index (χ0) is 22.5. The van der Waals surface area contributed by atoms with E-state index in [-0.39, 0.29) is 43.4 Å². The van der Waals surface area contributed by atoms with Crippen LogP contribution < -0.4 is 5.32 Å². The van der Waals surface area contributed by atoms with Crippen molar-refractivity contribution in [3.8, 4) is 0 Å². The minimum Gasteiger partial charge on any atom is -0.460 e. The molecule has 0 spiro atoms. The van der Waals surface area contributed by atoms with Crippen molar-refractivity contribution in [1.82, 2.24) is 14.6 Å². The number of carbonyl (C=O) groups excluding carboxylic acids is 2. The molecule has 2 N–H and O–H groups in total. The lowest BCUT2D eigenvalue weighted by Crippen LogP contribution is -2.49. The van der Waals surface area contributed by atoms with Gasteiger partial charge in [0, 0.05) is 32.4 Å². The van der Waals surface area contributed by atoms with Crippen LogP contribution in [-0.2, 0) is 24.2 Å². The maximum atomic E-state index is 12.6. The molecular formula is C19H31N3O7S. The number of sulfonamides is 1. The van der Waals surface area contributed by atoms with Crippen molar-refractivity contribution >= 4 is 21.9 Å². The zero-order valence-electron chi connectivity index (χ0n) is 18.1. The number of hydrogen-bond acceptors (Lipinski definition) is 7. The van der Waals surface area contributed by atoms with E-state index in [0.29, 0.717) is 29.9 Å². The zero-order valence-corrected chi connectivity index (χ0v) is 18.9. The van der Waals surface area contributed by atoms with Gasteiger partial charge in [0.15, 0.2) is 0 Å². The molecule has 2 heterocycles. The molecule has 2 rings (SSSR count). The standard InChI is InChI=1S/C19H31N3O7S/c1-12-10-22(11-13(2)29-12)30(25,26)9-6-20-18(23)17-14(3)16(15(4)21-17)19(24)28-8-7-27-5/h12-13,21H,6-11H2,1-5H3,(H,20,23). The van der Waals surface area contributed by atoms with Crippen LogP contribution in [0.4, 0.5) is 0 Å². The summed E-state index contributed by atoms with van der Waals surface area (Å²) in [6.45, 7) is 7.89. The Labute approximate surface area is 177 Å². The van der Waals surface area contributed by atoms with Crippen molar-refractivity contribution in [3.05, 3.63) is 22.5 Å². The van der Waals surface area contributed by atoms with Gasteiger partial charge in [-0.1, -0.05) is 0 Å². The molecule has 1 saturated heterocycles. The summed E-state index contributed by atoms with van der Waals surface area (Å²) in [6, 6.07) is 0. The van der Waals surface area contributed by atoms with Crippen LogP contribution in [0.5, 0.6) is 0 Å². The van der Waals surface area contributed by atoms with Crippen LogP contribution in [0.25, 0.3) is 0 Å². The van der Waals surface area contributed by atoms with Gasteiger partial charge < -0.3 is 24.5 Å². The fourth-order valence-electron chi connectivity index (χ4n) is 3.44. The van der Waals surface area contributed by atoms with Crippen molar-refractivity contribution in [2.45, 2.75) is 39.9 Å². The quantitative estimate of drug-likeness (QED) is 0.421. The topological polar surface area (TPSA) is 127 Å². The Morgan fingerprint density at radius 3 is 2.43 bits per heavy atom. The van der Waals surface area contributed by atoms with Crippen molar-refractivity contribution in [3.63, 3.8) is 0 Å². The Kier molecular flexibility index (Phi) is 8.42. The smallest absolute Gasteiger partial charge is 0.340 e. The van der Waals surface area contributed by atoms with Crippen LogP contribution in [-0.4, -0.2) is 87.5 Å². The molecule has 1 fully saturated rings. The average molecular weight is 446 g/mol. The lowest BCUT2D eigenvalue weighted by molar-refractivity contribution is -0.0440. The number of hydrogen-bond donors (Lipinski definition) is 2. The molecule has 1 aromatic rings. The lowest BCUT2D eigenvalue weighted by atomic mass is 10.1. The van der Waals surface area contributed by atoms with E-state index in [4.69, 9.17) is 14.2 Å². The number of methoxy groups -OCH3 is 1. The van der Waals surface area contributed by atoms with E-state index in [0.717, 1.165) is 0 Å². The summed E-state index contributed by atoms with van der Waals surface area (Å²) in [7, 11) is -2.02. The first-order valence-corrected chi connectivity index (χ1v) is 11.4. The average Bonchev–Trinajstić information content (AvgIpc) is 2.95. The molecule has 10 nitrogen and oxygen atoms in total. The van der Waals surface area contributed by atoms with Crippen LogP contribution >= 0.6 is 0 Å². The third-order valence-electron chi connectivity index (χ3n) is 4.81. The Bertz CT molecular complexity index is 856. The number of amides is 1. The number of rotatable bonds is 9. The fraction of sp³-hybridized carbons (Fsp3) is 0.684. The second-order valence-corrected chi connectivity index (χ2v) is 9.49. The molecule has 1 aliphatic heterocycles. The predicted molar refractivity (Wildman–Crippen MR) is 110 cm³/mol. The first kappa shape index (κ1) is 24.3. The Morgan fingerprint density at radius 2 is 1.83 bits per heavy atom. The Morgan fingerprint density at radius 1 is 1.20 bits per heavy atom. The molecule has 0 aromatic carbocycles. The molecule has 2 unspecified atom stereocenters. The predicted octanol–water partition coefficient (Wildman–Crippen LogP) is 0.604. The molecule has 0 aliphatic carbocycles. The molecule has 30 heavy (non-hydrogen) atoms. The largest absolute Gasteiger partial charge is 0.460 e. The molecular weight excluding hydrogens is 414 g/mol. The summed E-state index contributed by atoms with van der Waals surface area (Å²) in [5, 5.41) is 2.61. The number of aromatic amines is 1. The minimum atomic E-state index is -3.52. The van der Waals surface area contributed by atoms with Gasteiger partial charge in [-0.2, -0.15) is 4.31 Å². The molecule has 1 amide bonds. The summed E-state index contributed by atoms with van der Waals surface area (Å²) < 4.78 is 42.1. The lowest BCUT2D eigenvalue weighted by Gasteiger charge is -2.34. The van der Waals surface area contributed by atoms with Gasteiger partial charge in [-0.3, -0.25) is 4.79 Å². The van der Waals surface area contributed by atoms with Crippen LogP contribution in [0, 0.1) is 13.8 Å². The highest BCUT2D eigenvalue weighted by molar-refractivity contribution is 7.89. The monoisotopic (exact) mass is 445 g/mol. The van der Waals surface area contributed by atoms with Gasteiger partial charge in [-0.05, 0) is 33.3 Å². The normalized spacial score (nSPS) is 20.2. The number of aromatic nitrogens is 1. The van der Waals surface area contributed by atoms with Gasteiger partial charge >= 0.3 is 5.97 Å². The molecule has 0 bridgehead atoms. The number of H-pyrrole nitrogens is 1. The van der Waals surface area contributed by atoms with Crippen molar-refractivity contribution in [2.75, 3.05) is 45.7 Å². The Balaban J connectivity index is 1.96. The number of ether oxygens (including phenoxy) is 3.